The van der Waals surface area contributed by atoms with Gasteiger partial charge in [0.15, 0.2) is 6.29 Å². The molecule has 3 aliphatic rings. The molecule has 0 radical (unpaired) electrons. The van der Waals surface area contributed by atoms with Gasteiger partial charge in [0.1, 0.15) is 42.7 Å². The van der Waals surface area contributed by atoms with Gasteiger partial charge in [-0.1, -0.05) is 34.1 Å². The minimum Gasteiger partial charge on any atom is -0.396 e. The summed E-state index contributed by atoms with van der Waals surface area (Å²) in [5, 5.41) is 102. The summed E-state index contributed by atoms with van der Waals surface area (Å²) in [4.78, 5) is 36.6. The van der Waals surface area contributed by atoms with Crippen molar-refractivity contribution in [1.29, 1.82) is 0 Å². The highest BCUT2D eigenvalue weighted by Gasteiger charge is 2.51. The van der Waals surface area contributed by atoms with Crippen molar-refractivity contribution in [3.63, 3.8) is 0 Å². The standard InChI is InChI=1S/C38H70N4O15S/c1-19-14-22(39)34(32(52)33(19)55-23-15-21(17-43)27(47)20(2)28(23)48)57-37-31(51)30(50)29(49)24(56-37)16-42-25(45)8-6-5-7-12-58-13-11-40-26(46)9-10-41-36(54)35(53)38(3,4)18-44/h19-24,27-35,37,43-44,47-53H,5-18,39H2,1-4H3,(H,40,46)(H,41,54)(H,42,45)/t19-,20+,21-,22+,23+,24-,27+,28-,29-,30+,31-,32-,33+,34-,35+,37-/m1/s1. The van der Waals surface area contributed by atoms with Crippen LogP contribution in [0.25, 0.3) is 0 Å². The number of amides is 3. The topological polar surface area (TPSA) is 323 Å². The van der Waals surface area contributed by atoms with Gasteiger partial charge in [-0.15, -0.1) is 0 Å². The van der Waals surface area contributed by atoms with E-state index in [1.807, 2.05) is 6.92 Å². The zero-order valence-electron chi connectivity index (χ0n) is 34.1. The van der Waals surface area contributed by atoms with E-state index < -0.39 is 103 Å². The molecule has 0 bridgehead atoms. The molecule has 338 valence electrons. The lowest BCUT2D eigenvalue weighted by Gasteiger charge is -2.48. The zero-order valence-corrected chi connectivity index (χ0v) is 34.9. The van der Waals surface area contributed by atoms with Crippen molar-refractivity contribution in [2.24, 2.45) is 28.9 Å². The molecule has 20 heteroatoms. The van der Waals surface area contributed by atoms with Crippen LogP contribution < -0.4 is 21.7 Å². The Balaban J connectivity index is 1.35. The van der Waals surface area contributed by atoms with Crippen LogP contribution in [0.3, 0.4) is 0 Å². The Kier molecular flexibility index (Phi) is 21.0. The molecule has 2 aliphatic carbocycles. The lowest BCUT2D eigenvalue weighted by molar-refractivity contribution is -0.322. The summed E-state index contributed by atoms with van der Waals surface area (Å²) >= 11 is 1.64. The summed E-state index contributed by atoms with van der Waals surface area (Å²) in [6.45, 7) is 6.23. The van der Waals surface area contributed by atoms with Crippen LogP contribution >= 0.6 is 11.8 Å². The fourth-order valence-corrected chi connectivity index (χ4v) is 8.41. The number of ether oxygens (including phenoxy) is 3. The van der Waals surface area contributed by atoms with E-state index in [1.165, 1.54) is 0 Å². The van der Waals surface area contributed by atoms with Gasteiger partial charge in [0, 0.05) is 68.1 Å². The van der Waals surface area contributed by atoms with Crippen LogP contribution in [0.15, 0.2) is 0 Å². The highest BCUT2D eigenvalue weighted by atomic mass is 32.2. The first-order valence-corrected chi connectivity index (χ1v) is 21.6. The Labute approximate surface area is 344 Å². The number of aliphatic hydroxyl groups excluding tert-OH is 9. The van der Waals surface area contributed by atoms with E-state index in [0.717, 1.165) is 18.6 Å². The summed E-state index contributed by atoms with van der Waals surface area (Å²) in [5.41, 5.74) is 5.38. The predicted octanol–water partition coefficient (Wildman–Crippen LogP) is -3.56. The van der Waals surface area contributed by atoms with Crippen LogP contribution in [0.1, 0.15) is 72.6 Å². The van der Waals surface area contributed by atoms with Gasteiger partial charge in [-0.3, -0.25) is 14.4 Å². The van der Waals surface area contributed by atoms with E-state index in [-0.39, 0.29) is 63.3 Å². The molecule has 58 heavy (non-hydrogen) atoms. The first kappa shape index (κ1) is 50.6. The average molecular weight is 855 g/mol. The quantitative estimate of drug-likeness (QED) is 0.0469. The highest BCUT2D eigenvalue weighted by molar-refractivity contribution is 7.99. The lowest BCUT2D eigenvalue weighted by atomic mass is 9.75. The molecule has 0 aromatic rings. The van der Waals surface area contributed by atoms with E-state index in [2.05, 4.69) is 16.0 Å². The summed E-state index contributed by atoms with van der Waals surface area (Å²) < 4.78 is 18.0. The van der Waals surface area contributed by atoms with Crippen LogP contribution in [0, 0.1) is 23.2 Å². The third-order valence-corrected chi connectivity index (χ3v) is 12.7. The molecule has 19 nitrogen and oxygen atoms in total. The first-order chi connectivity index (χ1) is 27.3. The van der Waals surface area contributed by atoms with Crippen molar-refractivity contribution in [3.05, 3.63) is 0 Å². The molecule has 1 saturated heterocycles. The molecule has 1 heterocycles. The summed E-state index contributed by atoms with van der Waals surface area (Å²) in [7, 11) is 0. The van der Waals surface area contributed by atoms with Crippen LogP contribution in [0.4, 0.5) is 0 Å². The number of nitrogens with one attached hydrogen (secondary N) is 3. The molecule has 14 N–H and O–H groups in total. The number of hydrogen-bond donors (Lipinski definition) is 13. The second kappa shape index (κ2) is 24.0. The van der Waals surface area contributed by atoms with E-state index in [4.69, 9.17) is 19.9 Å². The number of rotatable bonds is 22. The minimum absolute atomic E-state index is 0.0529. The van der Waals surface area contributed by atoms with Gasteiger partial charge >= 0.3 is 0 Å². The van der Waals surface area contributed by atoms with Crippen molar-refractivity contribution in [1.82, 2.24) is 16.0 Å². The van der Waals surface area contributed by atoms with Crippen LogP contribution in [-0.4, -0.2) is 188 Å². The van der Waals surface area contributed by atoms with Gasteiger partial charge in [-0.05, 0) is 37.4 Å². The maximum absolute atomic E-state index is 12.6. The van der Waals surface area contributed by atoms with Crippen molar-refractivity contribution in [2.45, 2.75) is 152 Å². The van der Waals surface area contributed by atoms with E-state index in [1.54, 1.807) is 32.5 Å². The normalized spacial score (nSPS) is 36.2. The Bertz CT molecular complexity index is 1270. The van der Waals surface area contributed by atoms with Gasteiger partial charge in [0.25, 0.3) is 0 Å². The van der Waals surface area contributed by atoms with Crippen molar-refractivity contribution in [3.8, 4) is 0 Å². The second-order valence-corrected chi connectivity index (χ2v) is 18.0. The van der Waals surface area contributed by atoms with E-state index in [0.29, 0.717) is 25.1 Å². The monoisotopic (exact) mass is 854 g/mol. The highest BCUT2D eigenvalue weighted by Crippen LogP contribution is 2.37. The number of carbonyl (C=O) groups is 3. The molecule has 0 unspecified atom stereocenters. The van der Waals surface area contributed by atoms with Gasteiger partial charge in [-0.25, -0.2) is 0 Å². The Hall–Kier alpha value is -1.76. The zero-order chi connectivity index (χ0) is 43.3. The predicted molar refractivity (Wildman–Crippen MR) is 211 cm³/mol. The van der Waals surface area contributed by atoms with Gasteiger partial charge in [-0.2, -0.15) is 11.8 Å². The van der Waals surface area contributed by atoms with Crippen molar-refractivity contribution >= 4 is 29.5 Å². The van der Waals surface area contributed by atoms with Crippen LogP contribution in [-0.2, 0) is 28.6 Å². The second-order valence-electron chi connectivity index (χ2n) is 16.8. The van der Waals surface area contributed by atoms with E-state index in [9.17, 15) is 60.3 Å². The Morgan fingerprint density at radius 1 is 0.793 bits per heavy atom. The largest absolute Gasteiger partial charge is 0.396 e. The molecule has 3 rings (SSSR count). The Morgan fingerprint density at radius 2 is 1.48 bits per heavy atom. The maximum atomic E-state index is 12.6. The number of carbonyl (C=O) groups excluding carboxylic acids is 3. The number of unbranched alkanes of at least 4 members (excludes halogenated alkanes) is 2. The molecule has 2 saturated carbocycles. The molecule has 16 atom stereocenters. The van der Waals surface area contributed by atoms with Crippen molar-refractivity contribution < 1.29 is 74.6 Å². The number of aliphatic hydroxyl groups is 9. The third-order valence-electron chi connectivity index (χ3n) is 11.6. The molecule has 3 fully saturated rings. The summed E-state index contributed by atoms with van der Waals surface area (Å²) in [6, 6.07) is -0.740. The van der Waals surface area contributed by atoms with Crippen LogP contribution in [0.2, 0.25) is 0 Å². The number of nitrogens with two attached hydrogens (primary N) is 1. The molecule has 1 aliphatic heterocycles. The summed E-state index contributed by atoms with van der Waals surface area (Å²) in [5.74, 6) is -1.09. The van der Waals surface area contributed by atoms with Crippen molar-refractivity contribution in [2.75, 3.05) is 44.4 Å². The maximum Gasteiger partial charge on any atom is 0.249 e. The van der Waals surface area contributed by atoms with Gasteiger partial charge in [0.2, 0.25) is 17.7 Å². The molecule has 0 aromatic carbocycles. The average Bonchev–Trinajstić information content (AvgIpc) is 3.19. The van der Waals surface area contributed by atoms with Gasteiger partial charge < -0.3 is 81.9 Å². The number of thioether (sulfide) groups is 1. The molecule has 3 amide bonds. The number of hydrogen-bond acceptors (Lipinski definition) is 17. The molecular weight excluding hydrogens is 784 g/mol. The molecular formula is C38H70N4O15S. The first-order valence-electron chi connectivity index (χ1n) is 20.4. The third kappa shape index (κ3) is 14.1. The lowest BCUT2D eigenvalue weighted by Crippen LogP contribution is -2.65. The fraction of sp³-hybridized carbons (Fsp3) is 0.921. The SMILES string of the molecule is C[C@H]1[C@H](O)[C@@H](CO)C[C@H](O[C@@H]2[C@@H](O)[C@H](O[C@H]3O[C@H](CNC(=O)CCCCCSCCNC(=O)CCNC(=O)[C@H](O)C(C)(C)CO)[C@@H](O)[C@H](O)[C@H]3O)[C@@H](N)C[C@H]2C)[C@@H]1O. The smallest absolute Gasteiger partial charge is 0.249 e. The van der Waals surface area contributed by atoms with Crippen LogP contribution in [0.5, 0.6) is 0 Å². The Morgan fingerprint density at radius 3 is 2.16 bits per heavy atom. The molecule has 0 spiro atoms. The summed E-state index contributed by atoms with van der Waals surface area (Å²) in [6.07, 6.45) is -12.3. The van der Waals surface area contributed by atoms with Gasteiger partial charge in [0.05, 0.1) is 31.0 Å². The minimum atomic E-state index is -1.71. The van der Waals surface area contributed by atoms with E-state index >= 15 is 0 Å². The fourth-order valence-electron chi connectivity index (χ4n) is 7.55. The molecule has 0 aromatic heterocycles.